The summed E-state index contributed by atoms with van der Waals surface area (Å²) < 4.78 is 1.62. The van der Waals surface area contributed by atoms with E-state index in [1.54, 1.807) is 11.0 Å². The maximum atomic E-state index is 11.9. The number of rotatable bonds is 6. The zero-order valence-electron chi connectivity index (χ0n) is 14.5. The summed E-state index contributed by atoms with van der Waals surface area (Å²) >= 11 is 0. The summed E-state index contributed by atoms with van der Waals surface area (Å²) in [6.45, 7) is 2.10. The molecule has 1 saturated carbocycles. The van der Waals surface area contributed by atoms with Crippen molar-refractivity contribution >= 4 is 17.3 Å². The third-order valence-electron chi connectivity index (χ3n) is 4.47. The average Bonchev–Trinajstić information content (AvgIpc) is 3.37. The standard InChI is InChI=1S/C19H20N6O/c1-13(14-7-9-18(10-8-14)25-12-20-23-24-25)21-16-3-2-4-17(11-16)22-19(26)15-5-6-15/h2-4,7-13,15,21H,5-6H2,1H3,(H,22,26)/t13-/m0/s1. The second-order valence-corrected chi connectivity index (χ2v) is 6.56. The van der Waals surface area contributed by atoms with E-state index >= 15 is 0 Å². The Kier molecular flexibility index (Phi) is 4.35. The molecule has 1 aromatic heterocycles. The highest BCUT2D eigenvalue weighted by molar-refractivity contribution is 5.94. The van der Waals surface area contributed by atoms with Gasteiger partial charge in [-0.25, -0.2) is 4.68 Å². The van der Waals surface area contributed by atoms with E-state index in [4.69, 9.17) is 0 Å². The van der Waals surface area contributed by atoms with E-state index in [-0.39, 0.29) is 17.9 Å². The van der Waals surface area contributed by atoms with Crippen molar-refractivity contribution in [2.75, 3.05) is 10.6 Å². The number of nitrogens with zero attached hydrogens (tertiary/aromatic N) is 4. The number of amides is 1. The second kappa shape index (κ2) is 6.95. The number of hydrogen-bond acceptors (Lipinski definition) is 5. The lowest BCUT2D eigenvalue weighted by atomic mass is 10.1. The SMILES string of the molecule is C[C@H](Nc1cccc(NC(=O)C2CC2)c1)c1ccc(-n2cnnn2)cc1. The fraction of sp³-hybridized carbons (Fsp3) is 0.263. The molecule has 0 unspecified atom stereocenters. The molecule has 0 radical (unpaired) electrons. The summed E-state index contributed by atoms with van der Waals surface area (Å²) in [5, 5.41) is 17.6. The lowest BCUT2D eigenvalue weighted by molar-refractivity contribution is -0.117. The first-order chi connectivity index (χ1) is 12.7. The van der Waals surface area contributed by atoms with Crippen molar-refractivity contribution in [1.82, 2.24) is 20.2 Å². The minimum absolute atomic E-state index is 0.118. The molecule has 0 saturated heterocycles. The van der Waals surface area contributed by atoms with Crippen LogP contribution in [0.4, 0.5) is 11.4 Å². The molecule has 7 nitrogen and oxygen atoms in total. The Morgan fingerprint density at radius 1 is 1.15 bits per heavy atom. The summed E-state index contributed by atoms with van der Waals surface area (Å²) in [6, 6.07) is 16.0. The van der Waals surface area contributed by atoms with E-state index in [0.29, 0.717) is 0 Å². The summed E-state index contributed by atoms with van der Waals surface area (Å²) in [5.74, 6) is 0.317. The van der Waals surface area contributed by atoms with Gasteiger partial charge in [-0.2, -0.15) is 0 Å². The summed E-state index contributed by atoms with van der Waals surface area (Å²) in [4.78, 5) is 11.9. The highest BCUT2D eigenvalue weighted by Crippen LogP contribution is 2.30. The number of anilines is 2. The van der Waals surface area contributed by atoms with Crippen LogP contribution in [0.15, 0.2) is 54.9 Å². The first-order valence-electron chi connectivity index (χ1n) is 8.70. The zero-order chi connectivity index (χ0) is 17.9. The van der Waals surface area contributed by atoms with Crippen LogP contribution in [-0.4, -0.2) is 26.1 Å². The van der Waals surface area contributed by atoms with Gasteiger partial charge in [0.15, 0.2) is 0 Å². The van der Waals surface area contributed by atoms with E-state index in [0.717, 1.165) is 35.5 Å². The Balaban J connectivity index is 1.42. The highest BCUT2D eigenvalue weighted by atomic mass is 16.2. The maximum Gasteiger partial charge on any atom is 0.227 e. The van der Waals surface area contributed by atoms with Crippen LogP contribution < -0.4 is 10.6 Å². The lowest BCUT2D eigenvalue weighted by Gasteiger charge is -2.17. The monoisotopic (exact) mass is 348 g/mol. The summed E-state index contributed by atoms with van der Waals surface area (Å²) in [6.07, 6.45) is 3.57. The van der Waals surface area contributed by atoms with Crippen molar-refractivity contribution in [3.05, 3.63) is 60.4 Å². The Bertz CT molecular complexity index is 887. The Morgan fingerprint density at radius 3 is 2.62 bits per heavy atom. The maximum absolute atomic E-state index is 11.9. The van der Waals surface area contributed by atoms with Gasteiger partial charge in [0.2, 0.25) is 5.91 Å². The van der Waals surface area contributed by atoms with Gasteiger partial charge in [-0.1, -0.05) is 18.2 Å². The largest absolute Gasteiger partial charge is 0.378 e. The predicted octanol–water partition coefficient (Wildman–Crippen LogP) is 3.18. The van der Waals surface area contributed by atoms with Crippen LogP contribution >= 0.6 is 0 Å². The second-order valence-electron chi connectivity index (χ2n) is 6.56. The number of benzene rings is 2. The molecule has 0 bridgehead atoms. The van der Waals surface area contributed by atoms with Crippen LogP contribution in [0, 0.1) is 5.92 Å². The molecule has 2 aromatic carbocycles. The molecular formula is C19H20N6O. The first kappa shape index (κ1) is 16.3. The Labute approximate surface area is 151 Å². The van der Waals surface area contributed by atoms with Gasteiger partial charge in [0, 0.05) is 23.3 Å². The molecule has 3 aromatic rings. The van der Waals surface area contributed by atoms with Crippen molar-refractivity contribution in [1.29, 1.82) is 0 Å². The molecule has 7 heteroatoms. The average molecular weight is 348 g/mol. The van der Waals surface area contributed by atoms with E-state index < -0.39 is 0 Å². The zero-order valence-corrected chi connectivity index (χ0v) is 14.5. The molecule has 132 valence electrons. The smallest absolute Gasteiger partial charge is 0.227 e. The van der Waals surface area contributed by atoms with E-state index in [1.165, 1.54) is 0 Å². The molecular weight excluding hydrogens is 328 g/mol. The number of nitrogens with one attached hydrogen (secondary N) is 2. The topological polar surface area (TPSA) is 84.7 Å². The quantitative estimate of drug-likeness (QED) is 0.715. The van der Waals surface area contributed by atoms with Crippen molar-refractivity contribution in [3.63, 3.8) is 0 Å². The van der Waals surface area contributed by atoms with Crippen LogP contribution in [0.5, 0.6) is 0 Å². The first-order valence-corrected chi connectivity index (χ1v) is 8.70. The molecule has 0 aliphatic heterocycles. The number of carbonyl (C=O) groups excluding carboxylic acids is 1. The molecule has 4 rings (SSSR count). The van der Waals surface area contributed by atoms with Crippen molar-refractivity contribution < 1.29 is 4.79 Å². The van der Waals surface area contributed by atoms with Crippen LogP contribution in [0.25, 0.3) is 5.69 Å². The van der Waals surface area contributed by atoms with Gasteiger partial charge in [-0.15, -0.1) is 5.10 Å². The van der Waals surface area contributed by atoms with Gasteiger partial charge in [0.1, 0.15) is 6.33 Å². The molecule has 1 aliphatic rings. The summed E-state index contributed by atoms with van der Waals surface area (Å²) in [7, 11) is 0. The number of aromatic nitrogens is 4. The molecule has 2 N–H and O–H groups in total. The number of hydrogen-bond donors (Lipinski definition) is 2. The third-order valence-corrected chi connectivity index (χ3v) is 4.47. The molecule has 1 aliphatic carbocycles. The third kappa shape index (κ3) is 3.72. The number of carbonyl (C=O) groups is 1. The normalized spacial score (nSPS) is 14.7. The van der Waals surface area contributed by atoms with Gasteiger partial charge in [-0.3, -0.25) is 4.79 Å². The van der Waals surface area contributed by atoms with Gasteiger partial charge >= 0.3 is 0 Å². The van der Waals surface area contributed by atoms with Crippen LogP contribution in [0.1, 0.15) is 31.4 Å². The molecule has 1 heterocycles. The van der Waals surface area contributed by atoms with Gasteiger partial charge in [0.05, 0.1) is 5.69 Å². The van der Waals surface area contributed by atoms with Crippen molar-refractivity contribution in [3.8, 4) is 5.69 Å². The molecule has 1 atom stereocenters. The van der Waals surface area contributed by atoms with E-state index in [2.05, 4.69) is 33.1 Å². The van der Waals surface area contributed by atoms with Crippen molar-refractivity contribution in [2.24, 2.45) is 5.92 Å². The van der Waals surface area contributed by atoms with Crippen LogP contribution in [-0.2, 0) is 4.79 Å². The van der Waals surface area contributed by atoms with Crippen LogP contribution in [0.3, 0.4) is 0 Å². The highest BCUT2D eigenvalue weighted by Gasteiger charge is 2.29. The Hall–Kier alpha value is -3.22. The number of tetrazole rings is 1. The summed E-state index contributed by atoms with van der Waals surface area (Å²) in [5.41, 5.74) is 3.86. The van der Waals surface area contributed by atoms with Gasteiger partial charge in [0.25, 0.3) is 0 Å². The molecule has 0 spiro atoms. The minimum Gasteiger partial charge on any atom is -0.378 e. The van der Waals surface area contributed by atoms with E-state index in [9.17, 15) is 4.79 Å². The van der Waals surface area contributed by atoms with Gasteiger partial charge in [-0.05, 0) is 66.1 Å². The predicted molar refractivity (Wildman–Crippen MR) is 99.0 cm³/mol. The van der Waals surface area contributed by atoms with Crippen LogP contribution in [0.2, 0.25) is 0 Å². The lowest BCUT2D eigenvalue weighted by Crippen LogP contribution is -2.13. The molecule has 1 fully saturated rings. The fourth-order valence-electron chi connectivity index (χ4n) is 2.81. The van der Waals surface area contributed by atoms with Crippen molar-refractivity contribution in [2.45, 2.75) is 25.8 Å². The fourth-order valence-corrected chi connectivity index (χ4v) is 2.81. The minimum atomic E-state index is 0.118. The van der Waals surface area contributed by atoms with E-state index in [1.807, 2.05) is 48.5 Å². The molecule has 26 heavy (non-hydrogen) atoms. The molecule has 1 amide bonds. The van der Waals surface area contributed by atoms with Gasteiger partial charge < -0.3 is 10.6 Å². The Morgan fingerprint density at radius 2 is 1.92 bits per heavy atom.